The van der Waals surface area contributed by atoms with Gasteiger partial charge in [0, 0.05) is 38.8 Å². The molecule has 0 aliphatic carbocycles. The quantitative estimate of drug-likeness (QED) is 0.677. The van der Waals surface area contributed by atoms with Crippen LogP contribution in [0.3, 0.4) is 0 Å². The van der Waals surface area contributed by atoms with Gasteiger partial charge in [0.25, 0.3) is 0 Å². The van der Waals surface area contributed by atoms with Crippen molar-refractivity contribution in [3.63, 3.8) is 0 Å². The fourth-order valence-corrected chi connectivity index (χ4v) is 4.27. The Morgan fingerprint density at radius 3 is 2.37 bits per heavy atom. The Morgan fingerprint density at radius 1 is 1.19 bits per heavy atom. The monoisotopic (exact) mass is 393 g/mol. The van der Waals surface area contributed by atoms with Crippen molar-refractivity contribution in [1.82, 2.24) is 14.1 Å². The van der Waals surface area contributed by atoms with E-state index in [1.165, 1.54) is 16.1 Å². The first kappa shape index (κ1) is 21.6. The lowest BCUT2D eigenvalue weighted by molar-refractivity contribution is -0.133. The number of benzene rings is 1. The highest BCUT2D eigenvalue weighted by atomic mass is 32.2. The molecule has 7 heteroatoms. The molecule has 1 saturated heterocycles. The maximum atomic E-state index is 12.6. The summed E-state index contributed by atoms with van der Waals surface area (Å²) in [4.78, 5) is 16.6. The molecule has 27 heavy (non-hydrogen) atoms. The van der Waals surface area contributed by atoms with Gasteiger partial charge in [0.2, 0.25) is 15.9 Å². The number of sulfonamides is 1. The maximum absolute atomic E-state index is 12.6. The van der Waals surface area contributed by atoms with Gasteiger partial charge in [0.1, 0.15) is 0 Å². The highest BCUT2D eigenvalue weighted by molar-refractivity contribution is 7.88. The molecule has 1 aliphatic rings. The molecule has 1 aliphatic heterocycles. The van der Waals surface area contributed by atoms with Crippen molar-refractivity contribution >= 4 is 22.0 Å². The summed E-state index contributed by atoms with van der Waals surface area (Å²) in [6.45, 7) is 7.41. The number of carbonyl (C=O) groups excluding carboxylic acids is 1. The van der Waals surface area contributed by atoms with Crippen molar-refractivity contribution in [3.05, 3.63) is 42.0 Å². The Labute approximate surface area is 163 Å². The average Bonchev–Trinajstić information content (AvgIpc) is 2.66. The first-order valence-electron chi connectivity index (χ1n) is 9.49. The lowest BCUT2D eigenvalue weighted by atomic mass is 10.2. The first-order chi connectivity index (χ1) is 12.8. The van der Waals surface area contributed by atoms with Gasteiger partial charge in [-0.3, -0.25) is 9.69 Å². The minimum atomic E-state index is -3.39. The van der Waals surface area contributed by atoms with E-state index in [0.29, 0.717) is 19.5 Å². The fourth-order valence-electron chi connectivity index (χ4n) is 3.12. The Hall–Kier alpha value is -1.70. The zero-order chi connectivity index (χ0) is 19.9. The van der Waals surface area contributed by atoms with Crippen LogP contribution in [-0.2, 0) is 14.8 Å². The third kappa shape index (κ3) is 6.75. The van der Waals surface area contributed by atoms with Crippen LogP contribution in [0.25, 0.3) is 6.08 Å². The number of hydrogen-bond donors (Lipinski definition) is 0. The molecule has 1 atom stereocenters. The highest BCUT2D eigenvalue weighted by Crippen LogP contribution is 2.11. The van der Waals surface area contributed by atoms with Crippen LogP contribution in [-0.4, -0.2) is 80.0 Å². The summed E-state index contributed by atoms with van der Waals surface area (Å²) in [6, 6.07) is 10.00. The molecule has 1 heterocycles. The maximum Gasteiger partial charge on any atom is 0.237 e. The van der Waals surface area contributed by atoms with Crippen molar-refractivity contribution in [2.24, 2.45) is 0 Å². The van der Waals surface area contributed by atoms with Crippen LogP contribution < -0.4 is 0 Å². The Kier molecular flexibility index (Phi) is 8.01. The SMILES string of the molecule is CCC(C)N(CC(=O)N1CCN(C/C=C/c2ccccc2)CC1)S(C)(=O)=O. The number of carbonyl (C=O) groups is 1. The zero-order valence-electron chi connectivity index (χ0n) is 16.5. The molecule has 1 amide bonds. The number of rotatable bonds is 8. The van der Waals surface area contributed by atoms with E-state index in [1.807, 2.05) is 32.0 Å². The minimum Gasteiger partial charge on any atom is -0.339 e. The van der Waals surface area contributed by atoms with Gasteiger partial charge in [-0.05, 0) is 18.9 Å². The van der Waals surface area contributed by atoms with Gasteiger partial charge >= 0.3 is 0 Å². The fraction of sp³-hybridized carbons (Fsp3) is 0.550. The summed E-state index contributed by atoms with van der Waals surface area (Å²) in [5, 5.41) is 0. The zero-order valence-corrected chi connectivity index (χ0v) is 17.4. The molecule has 0 aromatic heterocycles. The molecule has 150 valence electrons. The summed E-state index contributed by atoms with van der Waals surface area (Å²) >= 11 is 0. The van der Waals surface area contributed by atoms with Crippen LogP contribution in [0, 0.1) is 0 Å². The molecule has 2 rings (SSSR count). The van der Waals surface area contributed by atoms with E-state index in [0.717, 1.165) is 19.6 Å². The van der Waals surface area contributed by atoms with Gasteiger partial charge in [-0.1, -0.05) is 49.4 Å². The van der Waals surface area contributed by atoms with Crippen molar-refractivity contribution < 1.29 is 13.2 Å². The molecule has 1 aromatic carbocycles. The van der Waals surface area contributed by atoms with Crippen molar-refractivity contribution in [2.75, 3.05) is 45.5 Å². The molecule has 1 unspecified atom stereocenters. The largest absolute Gasteiger partial charge is 0.339 e. The third-order valence-corrected chi connectivity index (χ3v) is 6.34. The third-order valence-electron chi connectivity index (χ3n) is 5.00. The molecule has 0 N–H and O–H groups in total. The van der Waals surface area contributed by atoms with E-state index in [9.17, 15) is 13.2 Å². The van der Waals surface area contributed by atoms with Gasteiger partial charge in [-0.2, -0.15) is 4.31 Å². The number of piperazine rings is 1. The molecule has 1 fully saturated rings. The van der Waals surface area contributed by atoms with Crippen LogP contribution in [0.4, 0.5) is 0 Å². The van der Waals surface area contributed by atoms with Gasteiger partial charge < -0.3 is 4.90 Å². The Bertz CT molecular complexity index is 726. The predicted molar refractivity (Wildman–Crippen MR) is 110 cm³/mol. The highest BCUT2D eigenvalue weighted by Gasteiger charge is 2.28. The molecule has 1 aromatic rings. The molecule has 0 bridgehead atoms. The standard InChI is InChI=1S/C20H31N3O3S/c1-4-18(2)23(27(3,25)26)17-20(24)22-15-13-21(14-16-22)12-8-11-19-9-6-5-7-10-19/h5-11,18H,4,12-17H2,1-3H3/b11-8+. The second kappa shape index (κ2) is 10.0. The van der Waals surface area contributed by atoms with Gasteiger partial charge in [0.15, 0.2) is 0 Å². The number of amides is 1. The smallest absolute Gasteiger partial charge is 0.237 e. The summed E-state index contributed by atoms with van der Waals surface area (Å²) in [7, 11) is -3.39. The normalized spacial score (nSPS) is 17.6. The second-order valence-corrected chi connectivity index (χ2v) is 8.99. The molecule has 6 nitrogen and oxygen atoms in total. The minimum absolute atomic E-state index is 0.0677. The molecule has 0 radical (unpaired) electrons. The predicted octanol–water partition coefficient (Wildman–Crippen LogP) is 1.90. The lowest BCUT2D eigenvalue weighted by Crippen LogP contribution is -2.52. The molecular formula is C20H31N3O3S. The number of hydrogen-bond acceptors (Lipinski definition) is 4. The van der Waals surface area contributed by atoms with Crippen LogP contribution >= 0.6 is 0 Å². The first-order valence-corrected chi connectivity index (χ1v) is 11.3. The van der Waals surface area contributed by atoms with E-state index in [4.69, 9.17) is 0 Å². The summed E-state index contributed by atoms with van der Waals surface area (Å²) < 4.78 is 25.3. The van der Waals surface area contributed by atoms with E-state index < -0.39 is 10.0 Å². The summed E-state index contributed by atoms with van der Waals surface area (Å²) in [5.41, 5.74) is 1.18. The van der Waals surface area contributed by atoms with Crippen molar-refractivity contribution in [3.8, 4) is 0 Å². The van der Waals surface area contributed by atoms with Crippen molar-refractivity contribution in [1.29, 1.82) is 0 Å². The topological polar surface area (TPSA) is 60.9 Å². The van der Waals surface area contributed by atoms with Crippen LogP contribution in [0.5, 0.6) is 0 Å². The van der Waals surface area contributed by atoms with Gasteiger partial charge in [-0.15, -0.1) is 0 Å². The van der Waals surface area contributed by atoms with E-state index in [-0.39, 0.29) is 18.5 Å². The Balaban J connectivity index is 1.82. The van der Waals surface area contributed by atoms with Crippen LogP contribution in [0.2, 0.25) is 0 Å². The second-order valence-electron chi connectivity index (χ2n) is 7.06. The van der Waals surface area contributed by atoms with E-state index in [2.05, 4.69) is 29.2 Å². The number of nitrogens with zero attached hydrogens (tertiary/aromatic N) is 3. The van der Waals surface area contributed by atoms with Gasteiger partial charge in [0.05, 0.1) is 12.8 Å². The van der Waals surface area contributed by atoms with Crippen LogP contribution in [0.15, 0.2) is 36.4 Å². The molecule has 0 saturated carbocycles. The molecular weight excluding hydrogens is 362 g/mol. The van der Waals surface area contributed by atoms with Crippen molar-refractivity contribution in [2.45, 2.75) is 26.3 Å². The Morgan fingerprint density at radius 2 is 1.81 bits per heavy atom. The lowest BCUT2D eigenvalue weighted by Gasteiger charge is -2.35. The molecule has 0 spiro atoms. The summed E-state index contributed by atoms with van der Waals surface area (Å²) in [5.74, 6) is -0.111. The summed E-state index contributed by atoms with van der Waals surface area (Å²) in [6.07, 6.45) is 6.10. The van der Waals surface area contributed by atoms with Crippen LogP contribution in [0.1, 0.15) is 25.8 Å². The van der Waals surface area contributed by atoms with E-state index in [1.54, 1.807) is 4.90 Å². The van der Waals surface area contributed by atoms with E-state index >= 15 is 0 Å². The average molecular weight is 394 g/mol. The van der Waals surface area contributed by atoms with Gasteiger partial charge in [-0.25, -0.2) is 8.42 Å².